The molecule has 0 bridgehead atoms. The zero-order valence-electron chi connectivity index (χ0n) is 21.0. The van der Waals surface area contributed by atoms with Crippen molar-refractivity contribution in [2.75, 3.05) is 0 Å². The topological polar surface area (TPSA) is 43.4 Å². The number of hydrogen-bond acceptors (Lipinski definition) is 3. The first-order chi connectivity index (χ1) is 19.4. The molecule has 0 unspecified atom stereocenters. The Morgan fingerprint density at radius 3 is 1.21 bits per heavy atom. The van der Waals surface area contributed by atoms with E-state index < -0.39 is 55.5 Å². The summed E-state index contributed by atoms with van der Waals surface area (Å²) >= 11 is 0. The maximum atomic E-state index is 15.0. The van der Waals surface area contributed by atoms with Gasteiger partial charge >= 0.3 is 45.2 Å². The second kappa shape index (κ2) is 10.9. The lowest BCUT2D eigenvalue weighted by Crippen LogP contribution is -2.71. The van der Waals surface area contributed by atoms with Crippen molar-refractivity contribution in [2.24, 2.45) is 0 Å². The predicted octanol–water partition coefficient (Wildman–Crippen LogP) is 9.23. The van der Waals surface area contributed by atoms with Crippen LogP contribution in [0.4, 0.5) is 57.1 Å². The van der Waals surface area contributed by atoms with E-state index in [-0.39, 0.29) is 14.7 Å². The fraction of sp³-hybridized carbons (Fsp3) is 0.280. The van der Waals surface area contributed by atoms with Gasteiger partial charge in [-0.15, -0.1) is 0 Å². The summed E-state index contributed by atoms with van der Waals surface area (Å²) in [4.78, 5) is -1.01. The second-order valence-corrected chi connectivity index (χ2v) is 13.3. The average Bonchev–Trinajstić information content (AvgIpc) is 2.92. The fourth-order valence-electron chi connectivity index (χ4n) is 3.57. The van der Waals surface area contributed by atoms with Crippen LogP contribution in [0.25, 0.3) is 0 Å². The van der Waals surface area contributed by atoms with Gasteiger partial charge in [-0.2, -0.15) is 65.5 Å². The van der Waals surface area contributed by atoms with Gasteiger partial charge < -0.3 is 0 Å². The number of rotatable bonds is 10. The van der Waals surface area contributed by atoms with Crippen molar-refractivity contribution < 1.29 is 69.1 Å². The molecular weight excluding hydrogens is 659 g/mol. The van der Waals surface area contributed by atoms with Gasteiger partial charge in [-0.05, 0) is 53.6 Å². The van der Waals surface area contributed by atoms with Gasteiger partial charge in [0.15, 0.2) is 0 Å². The van der Waals surface area contributed by atoms with E-state index in [4.69, 9.17) is 0 Å². The number of alkyl halides is 13. The molecule has 0 fully saturated rings. The Morgan fingerprint density at radius 2 is 0.837 bits per heavy atom. The van der Waals surface area contributed by atoms with Gasteiger partial charge in [0.05, 0.1) is 0 Å². The first-order valence-electron chi connectivity index (χ1n) is 11.3. The summed E-state index contributed by atoms with van der Waals surface area (Å²) < 4.78 is 210. The van der Waals surface area contributed by atoms with Crippen LogP contribution in [0, 0.1) is 6.92 Å². The maximum absolute atomic E-state index is 15.0. The van der Waals surface area contributed by atoms with Crippen LogP contribution in [0.5, 0.6) is 0 Å². The normalized spacial score (nSPS) is 14.9. The summed E-state index contributed by atoms with van der Waals surface area (Å²) in [5.74, 6) is -32.7. The lowest BCUT2D eigenvalue weighted by molar-refractivity contribution is -0.433. The van der Waals surface area contributed by atoms with Crippen LogP contribution in [-0.4, -0.2) is 43.5 Å². The Labute approximate surface area is 236 Å². The monoisotopic (exact) mass is 676 g/mol. The van der Waals surface area contributed by atoms with Crippen LogP contribution in [0.1, 0.15) is 5.56 Å². The minimum atomic E-state index is -8.32. The van der Waals surface area contributed by atoms with E-state index in [0.717, 1.165) is 36.4 Å². The van der Waals surface area contributed by atoms with Gasteiger partial charge in [0, 0.05) is 14.7 Å². The highest BCUT2D eigenvalue weighted by molar-refractivity contribution is 8.33. The van der Waals surface area contributed by atoms with E-state index in [1.807, 2.05) is 0 Å². The molecule has 0 aromatic heterocycles. The molecule has 0 saturated heterocycles. The molecule has 0 atom stereocenters. The van der Waals surface area contributed by atoms with E-state index in [0.29, 0.717) is 5.56 Å². The molecule has 238 valence electrons. The van der Waals surface area contributed by atoms with Gasteiger partial charge in [0.1, 0.15) is 0 Å². The summed E-state index contributed by atoms with van der Waals surface area (Å²) in [6, 6.07) is 16.6. The molecular formula is C25H17F13O3S2. The highest BCUT2D eigenvalue weighted by Crippen LogP contribution is 2.71. The Morgan fingerprint density at radius 1 is 0.488 bits per heavy atom. The predicted molar refractivity (Wildman–Crippen MR) is 127 cm³/mol. The molecule has 0 aliphatic rings. The molecule has 0 saturated carbocycles. The minimum Gasteiger partial charge on any atom is -0.202 e. The molecule has 0 heterocycles. The molecule has 3 rings (SSSR count). The zero-order chi connectivity index (χ0) is 32.9. The van der Waals surface area contributed by atoms with E-state index in [1.54, 1.807) is 0 Å². The van der Waals surface area contributed by atoms with Crippen LogP contribution in [0.15, 0.2) is 99.6 Å². The first-order valence-corrected chi connectivity index (χ1v) is 14.3. The maximum Gasteiger partial charge on any atom is 0.460 e. The van der Waals surface area contributed by atoms with Crippen molar-refractivity contribution in [2.45, 2.75) is 56.7 Å². The molecule has 0 aliphatic heterocycles. The van der Waals surface area contributed by atoms with Crippen molar-refractivity contribution in [3.63, 3.8) is 0 Å². The highest BCUT2D eigenvalue weighted by Gasteiger charge is 2.93. The quantitative estimate of drug-likeness (QED) is 0.201. The largest absolute Gasteiger partial charge is 0.460 e. The van der Waals surface area contributed by atoms with Crippen LogP contribution in [0.2, 0.25) is 0 Å². The Bertz CT molecular complexity index is 1490. The van der Waals surface area contributed by atoms with Crippen molar-refractivity contribution in [1.82, 2.24) is 0 Å². The highest BCUT2D eigenvalue weighted by atomic mass is 32.3. The molecule has 3 nitrogen and oxygen atoms in total. The van der Waals surface area contributed by atoms with Crippen molar-refractivity contribution >= 4 is 20.4 Å². The molecule has 0 radical (unpaired) electrons. The number of halogens is 13. The van der Waals surface area contributed by atoms with Crippen molar-refractivity contribution in [1.29, 1.82) is 0 Å². The van der Waals surface area contributed by atoms with E-state index in [2.05, 4.69) is 3.63 Å². The summed E-state index contributed by atoms with van der Waals surface area (Å²) in [6.07, 6.45) is -7.65. The van der Waals surface area contributed by atoms with Gasteiger partial charge in [-0.3, -0.25) is 0 Å². The molecule has 0 N–H and O–H groups in total. The van der Waals surface area contributed by atoms with E-state index in [9.17, 15) is 56.7 Å². The molecule has 0 aliphatic carbocycles. The first kappa shape index (κ1) is 34.5. The van der Waals surface area contributed by atoms with Crippen molar-refractivity contribution in [3.8, 4) is 0 Å². The summed E-state index contributed by atoms with van der Waals surface area (Å²) in [6.45, 7) is 1.52. The smallest absolute Gasteiger partial charge is 0.202 e. The van der Waals surface area contributed by atoms with Gasteiger partial charge in [0.2, 0.25) is 0 Å². The second-order valence-electron chi connectivity index (χ2n) is 8.83. The van der Waals surface area contributed by atoms with Gasteiger partial charge in [-0.1, -0.05) is 54.1 Å². The van der Waals surface area contributed by atoms with E-state index >= 15 is 8.78 Å². The summed E-state index contributed by atoms with van der Waals surface area (Å²) in [5.41, 5.74) is 0.491. The third kappa shape index (κ3) is 5.24. The van der Waals surface area contributed by atoms with Crippen LogP contribution >= 0.6 is 10.3 Å². The molecule has 3 aromatic carbocycles. The van der Waals surface area contributed by atoms with Gasteiger partial charge in [0.25, 0.3) is 0 Å². The Hall–Kier alpha value is -2.99. The molecule has 0 spiro atoms. The molecule has 3 aromatic rings. The van der Waals surface area contributed by atoms with E-state index in [1.165, 1.54) is 55.5 Å². The molecule has 18 heteroatoms. The Balaban J connectivity index is 2.32. The number of hydrogen-bond donors (Lipinski definition) is 0. The van der Waals surface area contributed by atoms with Gasteiger partial charge in [-0.25, -0.2) is 3.63 Å². The minimum absolute atomic E-state index is 0.334. The average molecular weight is 677 g/mol. The third-order valence-corrected chi connectivity index (χ3v) is 11.1. The zero-order valence-corrected chi connectivity index (χ0v) is 22.7. The number of aryl methyl sites for hydroxylation is 1. The molecule has 43 heavy (non-hydrogen) atoms. The van der Waals surface area contributed by atoms with Crippen LogP contribution < -0.4 is 0 Å². The van der Waals surface area contributed by atoms with Crippen LogP contribution in [-0.2, 0) is 13.7 Å². The third-order valence-electron chi connectivity index (χ3n) is 5.91. The summed E-state index contributed by atoms with van der Waals surface area (Å²) in [5, 5.41) is -7.53. The van der Waals surface area contributed by atoms with Crippen molar-refractivity contribution in [3.05, 3.63) is 90.5 Å². The standard InChI is InChI=1S/C25H17F13O3S2/c1-16-12-14-19(15-13-16)42(17-8-4-2-5-9-17,18-10-6-3-7-11-18)41-43(39,40)25(37,38)23(32,33)21(28,29)20(26,27)22(30,31)24(34,35)36/h2-15H,1H3. The summed E-state index contributed by atoms with van der Waals surface area (Å²) in [7, 11) is -11.9. The Kier molecular flexibility index (Phi) is 8.72. The number of benzene rings is 3. The lowest BCUT2D eigenvalue weighted by Gasteiger charge is -2.42. The lowest BCUT2D eigenvalue weighted by atomic mass is 9.98. The SMILES string of the molecule is Cc1ccc(S(OS(=O)(=O)C(F)(F)C(F)(F)C(F)(F)C(F)(F)C(F)(F)C(F)(F)F)(c2ccccc2)c2ccccc2)cc1. The fourth-order valence-corrected chi connectivity index (χ4v) is 8.79. The van der Waals surface area contributed by atoms with Crippen LogP contribution in [0.3, 0.4) is 0 Å². The molecule has 0 amide bonds.